The summed E-state index contributed by atoms with van der Waals surface area (Å²) in [6.07, 6.45) is 1.91. The Morgan fingerprint density at radius 2 is 1.89 bits per heavy atom. The minimum atomic E-state index is -0.277. The Hall–Kier alpha value is -3.10. The van der Waals surface area contributed by atoms with Crippen LogP contribution in [-0.4, -0.2) is 60.5 Å². The topological polar surface area (TPSA) is 80.7 Å². The third kappa shape index (κ3) is 4.99. The number of carbonyl (C=O) groups is 2. The fraction of sp³-hybridized carbons (Fsp3) is 0.423. The molecule has 0 saturated carbocycles. The molecule has 184 valence electrons. The van der Waals surface area contributed by atoms with E-state index < -0.39 is 0 Å². The van der Waals surface area contributed by atoms with Crippen molar-refractivity contribution in [2.45, 2.75) is 32.2 Å². The predicted octanol–water partition coefficient (Wildman–Crippen LogP) is 4.02. The first-order valence-corrected chi connectivity index (χ1v) is 12.3. The number of ether oxygens (including phenoxy) is 3. The summed E-state index contributed by atoms with van der Waals surface area (Å²) in [6.45, 7) is 3.96. The molecule has 2 aromatic carbocycles. The first-order chi connectivity index (χ1) is 17.0. The van der Waals surface area contributed by atoms with Crippen molar-refractivity contribution >= 4 is 29.2 Å². The Kier molecular flexibility index (Phi) is 6.92. The van der Waals surface area contributed by atoms with Crippen LogP contribution < -0.4 is 9.47 Å². The molecule has 0 bridgehead atoms. The molecule has 1 fully saturated rings. The number of carbonyl (C=O) groups excluding carboxylic acids is 2. The molecular formula is C26H28ClN3O5. The summed E-state index contributed by atoms with van der Waals surface area (Å²) >= 11 is 6.45. The maximum Gasteiger partial charge on any atom is 0.309 e. The van der Waals surface area contributed by atoms with Gasteiger partial charge < -0.3 is 14.2 Å². The maximum absolute atomic E-state index is 13.5. The lowest BCUT2D eigenvalue weighted by atomic mass is 9.96. The lowest BCUT2D eigenvalue weighted by Crippen LogP contribution is -2.43. The Morgan fingerprint density at radius 1 is 1.11 bits per heavy atom. The van der Waals surface area contributed by atoms with E-state index in [0.29, 0.717) is 55.5 Å². The van der Waals surface area contributed by atoms with Gasteiger partial charge in [-0.05, 0) is 56.6 Å². The number of halogens is 1. The van der Waals surface area contributed by atoms with E-state index in [-0.39, 0.29) is 37.2 Å². The van der Waals surface area contributed by atoms with E-state index in [4.69, 9.17) is 30.9 Å². The smallest absolute Gasteiger partial charge is 0.309 e. The molecule has 5 rings (SSSR count). The van der Waals surface area contributed by atoms with E-state index >= 15 is 0 Å². The van der Waals surface area contributed by atoms with Crippen molar-refractivity contribution in [3.63, 3.8) is 0 Å². The molecule has 0 aliphatic carbocycles. The lowest BCUT2D eigenvalue weighted by Gasteiger charge is -2.32. The molecule has 9 heteroatoms. The summed E-state index contributed by atoms with van der Waals surface area (Å²) in [4.78, 5) is 27.6. The van der Waals surface area contributed by atoms with Crippen LogP contribution in [-0.2, 0) is 14.3 Å². The molecule has 35 heavy (non-hydrogen) atoms. The molecule has 0 spiro atoms. The molecular weight excluding hydrogens is 470 g/mol. The minimum Gasteiger partial charge on any atom is -0.466 e. The van der Waals surface area contributed by atoms with Crippen molar-refractivity contribution in [3.8, 4) is 11.5 Å². The number of benzene rings is 2. The molecule has 1 atom stereocenters. The Balaban J connectivity index is 1.34. The second-order valence-electron chi connectivity index (χ2n) is 8.90. The molecule has 0 unspecified atom stereocenters. The van der Waals surface area contributed by atoms with Crippen LogP contribution in [0, 0.1) is 5.92 Å². The average molecular weight is 498 g/mol. The summed E-state index contributed by atoms with van der Waals surface area (Å²) < 4.78 is 16.2. The van der Waals surface area contributed by atoms with E-state index in [9.17, 15) is 9.59 Å². The number of likely N-dealkylation sites (tertiary alicyclic amines) is 1. The van der Waals surface area contributed by atoms with Gasteiger partial charge in [0.2, 0.25) is 6.79 Å². The SMILES string of the molecule is CCOC(=O)C1CCN(CC(=O)N2N=C(c3ccccc3Cl)C[C@H]2c2ccc3c(c2)OCO3)CC1. The Bertz CT molecular complexity index is 1150. The number of nitrogens with zero attached hydrogens (tertiary/aromatic N) is 3. The molecule has 8 nitrogen and oxygen atoms in total. The van der Waals surface area contributed by atoms with Crippen molar-refractivity contribution in [3.05, 3.63) is 58.6 Å². The van der Waals surface area contributed by atoms with Crippen LogP contribution in [0.5, 0.6) is 11.5 Å². The number of fused-ring (bicyclic) bond motifs is 1. The third-order valence-electron chi connectivity index (χ3n) is 6.70. The molecule has 1 saturated heterocycles. The predicted molar refractivity (Wildman–Crippen MR) is 131 cm³/mol. The highest BCUT2D eigenvalue weighted by atomic mass is 35.5. The first-order valence-electron chi connectivity index (χ1n) is 12.0. The number of hydrogen-bond donors (Lipinski definition) is 0. The van der Waals surface area contributed by atoms with Gasteiger partial charge in [-0.2, -0.15) is 5.10 Å². The van der Waals surface area contributed by atoms with E-state index in [1.165, 1.54) is 0 Å². The monoisotopic (exact) mass is 497 g/mol. The fourth-order valence-corrected chi connectivity index (χ4v) is 5.07. The standard InChI is InChI=1S/C26H28ClN3O5/c1-2-33-26(32)17-9-11-29(12-10-17)15-25(31)30-22(18-7-8-23-24(13-18)35-16-34-23)14-21(28-30)19-5-3-4-6-20(19)27/h3-8,13,17,22H,2,9-12,14-16H2,1H3/t22-/m0/s1. The number of hydrazone groups is 1. The van der Waals surface area contributed by atoms with Crippen LogP contribution in [0.15, 0.2) is 47.6 Å². The largest absolute Gasteiger partial charge is 0.466 e. The van der Waals surface area contributed by atoms with Gasteiger partial charge in [-0.3, -0.25) is 14.5 Å². The zero-order valence-corrected chi connectivity index (χ0v) is 20.4. The Morgan fingerprint density at radius 3 is 2.66 bits per heavy atom. The van der Waals surface area contributed by atoms with Crippen LogP contribution in [0.4, 0.5) is 0 Å². The molecule has 0 radical (unpaired) electrons. The second kappa shape index (κ2) is 10.3. The molecule has 3 aliphatic rings. The maximum atomic E-state index is 13.5. The van der Waals surface area contributed by atoms with Crippen LogP contribution in [0.2, 0.25) is 5.02 Å². The van der Waals surface area contributed by atoms with Crippen LogP contribution in [0.3, 0.4) is 0 Å². The van der Waals surface area contributed by atoms with Gasteiger partial charge in [-0.15, -0.1) is 0 Å². The Labute approximate surface area is 209 Å². The van der Waals surface area contributed by atoms with Gasteiger partial charge >= 0.3 is 5.97 Å². The van der Waals surface area contributed by atoms with Crippen molar-refractivity contribution in [2.75, 3.05) is 33.0 Å². The van der Waals surface area contributed by atoms with Crippen molar-refractivity contribution in [1.29, 1.82) is 0 Å². The van der Waals surface area contributed by atoms with Gasteiger partial charge in [0.1, 0.15) is 0 Å². The van der Waals surface area contributed by atoms with Crippen LogP contribution in [0.1, 0.15) is 43.4 Å². The second-order valence-corrected chi connectivity index (χ2v) is 9.31. The molecule has 1 amide bonds. The number of piperidine rings is 1. The van der Waals surface area contributed by atoms with Crippen LogP contribution >= 0.6 is 11.6 Å². The van der Waals surface area contributed by atoms with Crippen molar-refractivity contribution in [1.82, 2.24) is 9.91 Å². The highest BCUT2D eigenvalue weighted by Gasteiger charge is 2.36. The number of esters is 1. The lowest BCUT2D eigenvalue weighted by molar-refractivity contribution is -0.149. The van der Waals surface area contributed by atoms with E-state index in [1.54, 1.807) is 5.01 Å². The summed E-state index contributed by atoms with van der Waals surface area (Å²) in [5, 5.41) is 6.93. The summed E-state index contributed by atoms with van der Waals surface area (Å²) in [7, 11) is 0. The van der Waals surface area contributed by atoms with Gasteiger partial charge in [0, 0.05) is 17.0 Å². The highest BCUT2D eigenvalue weighted by Crippen LogP contribution is 2.40. The number of hydrogen-bond acceptors (Lipinski definition) is 7. The normalized spacial score (nSPS) is 20.1. The number of rotatable bonds is 6. The van der Waals surface area contributed by atoms with Gasteiger partial charge in [0.25, 0.3) is 5.91 Å². The van der Waals surface area contributed by atoms with Gasteiger partial charge in [-0.1, -0.05) is 35.9 Å². The summed E-state index contributed by atoms with van der Waals surface area (Å²) in [5.41, 5.74) is 2.52. The van der Waals surface area contributed by atoms with E-state index in [2.05, 4.69) is 4.90 Å². The first kappa shape index (κ1) is 23.6. The number of amides is 1. The van der Waals surface area contributed by atoms with Crippen LogP contribution in [0.25, 0.3) is 0 Å². The highest BCUT2D eigenvalue weighted by molar-refractivity contribution is 6.34. The molecule has 3 aliphatic heterocycles. The zero-order chi connectivity index (χ0) is 24.4. The minimum absolute atomic E-state index is 0.0932. The summed E-state index contributed by atoms with van der Waals surface area (Å²) in [6, 6.07) is 13.0. The van der Waals surface area contributed by atoms with E-state index in [1.807, 2.05) is 49.4 Å². The molecule has 3 heterocycles. The van der Waals surface area contributed by atoms with E-state index in [0.717, 1.165) is 16.8 Å². The van der Waals surface area contributed by atoms with Gasteiger partial charge in [0.15, 0.2) is 11.5 Å². The van der Waals surface area contributed by atoms with Crippen molar-refractivity contribution in [2.24, 2.45) is 11.0 Å². The van der Waals surface area contributed by atoms with Crippen molar-refractivity contribution < 1.29 is 23.8 Å². The molecule has 0 N–H and O–H groups in total. The molecule has 0 aromatic heterocycles. The third-order valence-corrected chi connectivity index (χ3v) is 7.03. The average Bonchev–Trinajstić information content (AvgIpc) is 3.52. The summed E-state index contributed by atoms with van der Waals surface area (Å²) in [5.74, 6) is 1.03. The zero-order valence-electron chi connectivity index (χ0n) is 19.6. The fourth-order valence-electron chi connectivity index (χ4n) is 4.83. The van der Waals surface area contributed by atoms with Gasteiger partial charge in [0.05, 0.1) is 30.8 Å². The quantitative estimate of drug-likeness (QED) is 0.561. The van der Waals surface area contributed by atoms with Gasteiger partial charge in [-0.25, -0.2) is 5.01 Å². The molecule has 2 aromatic rings.